The van der Waals surface area contributed by atoms with Crippen molar-refractivity contribution in [2.24, 2.45) is 0 Å². The summed E-state index contributed by atoms with van der Waals surface area (Å²) in [4.78, 5) is 30.3. The number of carbonyl (C=O) groups excluding carboxylic acids is 1. The number of hydrogen-bond acceptors (Lipinski definition) is 5. The van der Waals surface area contributed by atoms with Crippen molar-refractivity contribution < 1.29 is 19.4 Å². The lowest BCUT2D eigenvalue weighted by Crippen LogP contribution is -2.37. The van der Waals surface area contributed by atoms with Crippen molar-refractivity contribution in [3.63, 3.8) is 0 Å². The third kappa shape index (κ3) is 2.87. The molecule has 1 aromatic rings. The van der Waals surface area contributed by atoms with Crippen LogP contribution in [0.15, 0.2) is 24.9 Å². The van der Waals surface area contributed by atoms with E-state index >= 15 is 0 Å². The Morgan fingerprint density at radius 1 is 1.58 bits per heavy atom. The molecule has 1 aromatic heterocycles. The normalized spacial score (nSPS) is 15.4. The van der Waals surface area contributed by atoms with Gasteiger partial charge < -0.3 is 15.2 Å². The largest absolute Gasteiger partial charge is 0.477 e. The van der Waals surface area contributed by atoms with Gasteiger partial charge in [-0.25, -0.2) is 19.6 Å². The lowest BCUT2D eigenvalue weighted by atomic mass is 10.2. The van der Waals surface area contributed by atoms with Gasteiger partial charge in [0.15, 0.2) is 11.5 Å². The molecule has 0 radical (unpaired) electrons. The van der Waals surface area contributed by atoms with E-state index in [-0.39, 0.29) is 12.3 Å². The Morgan fingerprint density at radius 2 is 2.32 bits per heavy atom. The number of hydrogen-bond donors (Lipinski definition) is 2. The molecular weight excluding hydrogens is 250 g/mol. The number of carboxylic acid groups (broad SMARTS) is 1. The second-order valence-electron chi connectivity index (χ2n) is 4.16. The summed E-state index contributed by atoms with van der Waals surface area (Å²) in [6, 6.07) is 1.30. The fraction of sp³-hybridized carbons (Fsp3) is 0.333. The molecule has 0 atom stereocenters. The van der Waals surface area contributed by atoms with E-state index in [1.165, 1.54) is 18.3 Å². The number of carbonyl (C=O) groups is 2. The Kier molecular flexibility index (Phi) is 3.46. The first-order valence-electron chi connectivity index (χ1n) is 5.70. The zero-order valence-corrected chi connectivity index (χ0v) is 10.1. The average Bonchev–Trinajstić information content (AvgIpc) is 3.17. The lowest BCUT2D eigenvalue weighted by molar-refractivity contribution is 0.0689. The van der Waals surface area contributed by atoms with Crippen molar-refractivity contribution in [1.29, 1.82) is 0 Å². The third-order valence-electron chi connectivity index (χ3n) is 2.73. The van der Waals surface area contributed by atoms with Crippen LogP contribution in [0, 0.1) is 0 Å². The molecule has 100 valence electrons. The maximum Gasteiger partial charge on any atom is 0.408 e. The molecule has 2 N–H and O–H groups in total. The molecule has 1 aliphatic carbocycles. The molecule has 0 bridgehead atoms. The Bertz CT molecular complexity index is 525. The zero-order valence-electron chi connectivity index (χ0n) is 10.1. The summed E-state index contributed by atoms with van der Waals surface area (Å²) in [6.07, 6.45) is 3.53. The van der Waals surface area contributed by atoms with E-state index < -0.39 is 17.6 Å². The first kappa shape index (κ1) is 13.0. The molecule has 0 unspecified atom stereocenters. The number of aromatic carboxylic acids is 1. The predicted octanol–water partition coefficient (Wildman–Crippen LogP) is 1.08. The highest BCUT2D eigenvalue weighted by Crippen LogP contribution is 2.43. The number of amides is 1. The van der Waals surface area contributed by atoms with Crippen molar-refractivity contribution in [3.8, 4) is 0 Å². The van der Waals surface area contributed by atoms with Crippen LogP contribution in [0.1, 0.15) is 29.2 Å². The summed E-state index contributed by atoms with van der Waals surface area (Å²) in [6.45, 7) is 3.55. The fourth-order valence-corrected chi connectivity index (χ4v) is 1.60. The van der Waals surface area contributed by atoms with Crippen LogP contribution in [0.4, 0.5) is 4.79 Å². The SMILES string of the molecule is C=CCOC(=O)NC1(c2nccc(C(=O)O)n2)CC1. The molecule has 1 heterocycles. The molecule has 2 rings (SSSR count). The molecule has 1 amide bonds. The van der Waals surface area contributed by atoms with E-state index in [2.05, 4.69) is 21.9 Å². The molecule has 1 saturated carbocycles. The van der Waals surface area contributed by atoms with E-state index in [9.17, 15) is 9.59 Å². The minimum Gasteiger partial charge on any atom is -0.477 e. The van der Waals surface area contributed by atoms with E-state index in [1.54, 1.807) is 0 Å². The molecule has 0 saturated heterocycles. The standard InChI is InChI=1S/C12H13N3O4/c1-2-7-19-11(18)15-12(4-5-12)10-13-6-3-8(14-10)9(16)17/h2-3,6H,1,4-5,7H2,(H,15,18)(H,16,17). The maximum absolute atomic E-state index is 11.5. The van der Waals surface area contributed by atoms with Crippen LogP contribution in [0.5, 0.6) is 0 Å². The number of nitrogens with one attached hydrogen (secondary N) is 1. The number of ether oxygens (including phenoxy) is 1. The van der Waals surface area contributed by atoms with Gasteiger partial charge in [-0.3, -0.25) is 0 Å². The van der Waals surface area contributed by atoms with E-state index in [0.717, 1.165) is 0 Å². The molecule has 0 aliphatic heterocycles. The summed E-state index contributed by atoms with van der Waals surface area (Å²) in [7, 11) is 0. The van der Waals surface area contributed by atoms with Gasteiger partial charge in [-0.15, -0.1) is 0 Å². The van der Waals surface area contributed by atoms with Gasteiger partial charge in [-0.1, -0.05) is 12.7 Å². The van der Waals surface area contributed by atoms with Crippen molar-refractivity contribution in [3.05, 3.63) is 36.4 Å². The summed E-state index contributed by atoms with van der Waals surface area (Å²) < 4.78 is 4.83. The number of alkyl carbamates (subject to hydrolysis) is 1. The van der Waals surface area contributed by atoms with Gasteiger partial charge in [0.2, 0.25) is 0 Å². The van der Waals surface area contributed by atoms with Crippen molar-refractivity contribution >= 4 is 12.1 Å². The second-order valence-corrected chi connectivity index (χ2v) is 4.16. The van der Waals surface area contributed by atoms with E-state index in [1.807, 2.05) is 0 Å². The molecule has 0 spiro atoms. The Hall–Kier alpha value is -2.44. The van der Waals surface area contributed by atoms with Gasteiger partial charge in [0.05, 0.1) is 0 Å². The molecule has 19 heavy (non-hydrogen) atoms. The summed E-state index contributed by atoms with van der Waals surface area (Å²) in [5.74, 6) is -0.836. The van der Waals surface area contributed by atoms with Crippen LogP contribution >= 0.6 is 0 Å². The molecular formula is C12H13N3O4. The molecule has 0 aromatic carbocycles. The summed E-state index contributed by atoms with van der Waals surface area (Å²) in [5.41, 5.74) is -0.804. The smallest absolute Gasteiger partial charge is 0.408 e. The van der Waals surface area contributed by atoms with Gasteiger partial charge in [0.25, 0.3) is 0 Å². The fourth-order valence-electron chi connectivity index (χ4n) is 1.60. The summed E-state index contributed by atoms with van der Waals surface area (Å²) >= 11 is 0. The van der Waals surface area contributed by atoms with Crippen LogP contribution in [0.25, 0.3) is 0 Å². The van der Waals surface area contributed by atoms with Gasteiger partial charge >= 0.3 is 12.1 Å². The van der Waals surface area contributed by atoms with Crippen LogP contribution in [-0.4, -0.2) is 33.7 Å². The molecule has 1 aliphatic rings. The van der Waals surface area contributed by atoms with Crippen LogP contribution < -0.4 is 5.32 Å². The minimum atomic E-state index is -1.13. The zero-order chi connectivity index (χ0) is 13.9. The number of rotatable bonds is 5. The molecule has 1 fully saturated rings. The number of aromatic nitrogens is 2. The monoisotopic (exact) mass is 263 g/mol. The van der Waals surface area contributed by atoms with Gasteiger partial charge in [0, 0.05) is 6.20 Å². The van der Waals surface area contributed by atoms with Crippen molar-refractivity contribution in [2.75, 3.05) is 6.61 Å². The van der Waals surface area contributed by atoms with Gasteiger partial charge in [0.1, 0.15) is 12.1 Å². The first-order chi connectivity index (χ1) is 9.07. The van der Waals surface area contributed by atoms with E-state index in [4.69, 9.17) is 9.84 Å². The third-order valence-corrected chi connectivity index (χ3v) is 2.73. The quantitative estimate of drug-likeness (QED) is 0.771. The van der Waals surface area contributed by atoms with E-state index in [0.29, 0.717) is 18.7 Å². The average molecular weight is 263 g/mol. The molecule has 7 heteroatoms. The molecule has 7 nitrogen and oxygen atoms in total. The van der Waals surface area contributed by atoms with Crippen LogP contribution in [0.2, 0.25) is 0 Å². The minimum absolute atomic E-state index is 0.0995. The Morgan fingerprint density at radius 3 is 2.89 bits per heavy atom. The predicted molar refractivity (Wildman–Crippen MR) is 64.6 cm³/mol. The van der Waals surface area contributed by atoms with Crippen LogP contribution in [-0.2, 0) is 10.3 Å². The first-order valence-corrected chi connectivity index (χ1v) is 5.70. The highest BCUT2D eigenvalue weighted by molar-refractivity contribution is 5.85. The van der Waals surface area contributed by atoms with Crippen molar-refractivity contribution in [1.82, 2.24) is 15.3 Å². The highest BCUT2D eigenvalue weighted by atomic mass is 16.5. The summed E-state index contributed by atoms with van der Waals surface area (Å²) in [5, 5.41) is 11.5. The lowest BCUT2D eigenvalue weighted by Gasteiger charge is -2.15. The van der Waals surface area contributed by atoms with Gasteiger partial charge in [-0.05, 0) is 18.9 Å². The Balaban J connectivity index is 2.12. The second kappa shape index (κ2) is 5.05. The maximum atomic E-state index is 11.5. The number of carboxylic acids is 1. The van der Waals surface area contributed by atoms with Crippen molar-refractivity contribution in [2.45, 2.75) is 18.4 Å². The van der Waals surface area contributed by atoms with Gasteiger partial charge in [-0.2, -0.15) is 0 Å². The number of nitrogens with zero attached hydrogens (tertiary/aromatic N) is 2. The van der Waals surface area contributed by atoms with Crippen LogP contribution in [0.3, 0.4) is 0 Å². The topological polar surface area (TPSA) is 101 Å². The highest BCUT2D eigenvalue weighted by Gasteiger charge is 2.49. The Labute approximate surface area is 109 Å².